The van der Waals surface area contributed by atoms with Gasteiger partial charge < -0.3 is 10.2 Å². The molecule has 1 saturated carbocycles. The van der Waals surface area contributed by atoms with Crippen LogP contribution in [0.3, 0.4) is 0 Å². The quantitative estimate of drug-likeness (QED) is 0.856. The summed E-state index contributed by atoms with van der Waals surface area (Å²) in [4.78, 5) is 7.39. The molecule has 0 aromatic heterocycles. The maximum absolute atomic E-state index is 4.77. The number of nitrogens with one attached hydrogen (secondary N) is 1. The predicted octanol–water partition coefficient (Wildman–Crippen LogP) is 3.32. The normalized spacial score (nSPS) is 31.2. The van der Waals surface area contributed by atoms with Gasteiger partial charge in [0, 0.05) is 12.6 Å². The van der Waals surface area contributed by atoms with E-state index in [1.54, 1.807) is 0 Å². The Morgan fingerprint density at radius 2 is 2.00 bits per heavy atom. The Morgan fingerprint density at radius 3 is 2.86 bits per heavy atom. The molecule has 0 spiro atoms. The average molecular weight is 283 g/mol. The van der Waals surface area contributed by atoms with E-state index >= 15 is 0 Å². The Kier molecular flexibility index (Phi) is 3.16. The second-order valence-electron chi connectivity index (χ2n) is 6.88. The number of aliphatic imine (C=N–C) groups is 1. The number of hydrogen-bond acceptors (Lipinski definition) is 3. The van der Waals surface area contributed by atoms with Gasteiger partial charge in [-0.2, -0.15) is 0 Å². The van der Waals surface area contributed by atoms with Crippen LogP contribution >= 0.6 is 0 Å². The van der Waals surface area contributed by atoms with Gasteiger partial charge in [0.2, 0.25) is 0 Å². The maximum Gasteiger partial charge on any atom is 0.195 e. The lowest BCUT2D eigenvalue weighted by molar-refractivity contribution is 0.188. The first-order valence-electron chi connectivity index (χ1n) is 8.40. The van der Waals surface area contributed by atoms with Crippen molar-refractivity contribution in [3.05, 3.63) is 34.9 Å². The Morgan fingerprint density at radius 1 is 1.14 bits per heavy atom. The van der Waals surface area contributed by atoms with Crippen molar-refractivity contribution in [2.75, 3.05) is 6.54 Å². The van der Waals surface area contributed by atoms with E-state index in [1.165, 1.54) is 48.3 Å². The number of benzene rings is 1. The summed E-state index contributed by atoms with van der Waals surface area (Å²) >= 11 is 0. The first kappa shape index (κ1) is 13.2. The summed E-state index contributed by atoms with van der Waals surface area (Å²) in [5.74, 6) is 1.17. The van der Waals surface area contributed by atoms with Gasteiger partial charge in [-0.25, -0.2) is 0 Å². The van der Waals surface area contributed by atoms with E-state index in [-0.39, 0.29) is 0 Å². The van der Waals surface area contributed by atoms with E-state index < -0.39 is 0 Å². The zero-order chi connectivity index (χ0) is 14.4. The van der Waals surface area contributed by atoms with Crippen LogP contribution in [0.1, 0.15) is 54.8 Å². The minimum atomic E-state index is 0.513. The fraction of sp³-hybridized carbons (Fsp3) is 0.611. The zero-order valence-corrected chi connectivity index (χ0v) is 13.1. The molecule has 2 fully saturated rings. The van der Waals surface area contributed by atoms with E-state index in [0.29, 0.717) is 18.1 Å². The standard InChI is InChI=1S/C18H25N3/c1-12-7-8-14(13(2)11-12)16-9-10-19-18-20-15-5-3-4-6-17(15)21(16)18/h7-8,11,15-17H,3-6,9-10H2,1-2H3,(H,19,20). The van der Waals surface area contributed by atoms with Crippen molar-refractivity contribution in [1.82, 2.24) is 10.2 Å². The molecule has 0 amide bonds. The highest BCUT2D eigenvalue weighted by Gasteiger charge is 2.44. The molecule has 1 aromatic carbocycles. The number of guanidine groups is 1. The van der Waals surface area contributed by atoms with E-state index in [0.717, 1.165) is 13.0 Å². The molecule has 21 heavy (non-hydrogen) atoms. The van der Waals surface area contributed by atoms with Crippen molar-refractivity contribution in [3.63, 3.8) is 0 Å². The fourth-order valence-corrected chi connectivity index (χ4v) is 4.45. The Hall–Kier alpha value is -1.51. The van der Waals surface area contributed by atoms with Crippen molar-refractivity contribution in [2.45, 2.75) is 64.1 Å². The molecule has 3 unspecified atom stereocenters. The lowest BCUT2D eigenvalue weighted by Gasteiger charge is -2.39. The summed E-state index contributed by atoms with van der Waals surface area (Å²) in [5.41, 5.74) is 4.29. The van der Waals surface area contributed by atoms with Crippen LogP contribution in [0.5, 0.6) is 0 Å². The van der Waals surface area contributed by atoms with Crippen LogP contribution < -0.4 is 5.32 Å². The number of nitrogens with zero attached hydrogens (tertiary/aromatic N) is 2. The van der Waals surface area contributed by atoms with Gasteiger partial charge in [-0.1, -0.05) is 36.6 Å². The molecule has 4 rings (SSSR count). The minimum Gasteiger partial charge on any atom is -0.351 e. The molecular weight excluding hydrogens is 258 g/mol. The molecule has 3 aliphatic rings. The van der Waals surface area contributed by atoms with E-state index in [2.05, 4.69) is 42.3 Å². The molecule has 1 N–H and O–H groups in total. The molecule has 1 saturated heterocycles. The molecule has 0 radical (unpaired) electrons. The van der Waals surface area contributed by atoms with Crippen molar-refractivity contribution >= 4 is 5.96 Å². The minimum absolute atomic E-state index is 0.513. The van der Waals surface area contributed by atoms with E-state index in [1.807, 2.05) is 0 Å². The number of aryl methyl sites for hydroxylation is 2. The third-order valence-corrected chi connectivity index (χ3v) is 5.43. The largest absolute Gasteiger partial charge is 0.351 e. The molecule has 3 atom stereocenters. The number of fused-ring (bicyclic) bond motifs is 3. The lowest BCUT2D eigenvalue weighted by atomic mass is 9.88. The SMILES string of the molecule is Cc1ccc(C2CCN=C3NC4CCCCC4N32)c(C)c1. The van der Waals surface area contributed by atoms with Crippen molar-refractivity contribution in [3.8, 4) is 0 Å². The zero-order valence-electron chi connectivity index (χ0n) is 13.1. The Balaban J connectivity index is 1.71. The van der Waals surface area contributed by atoms with Gasteiger partial charge in [0.1, 0.15) is 0 Å². The lowest BCUT2D eigenvalue weighted by Crippen LogP contribution is -2.43. The molecular formula is C18H25N3. The summed E-state index contributed by atoms with van der Waals surface area (Å²) in [6.45, 7) is 5.39. The van der Waals surface area contributed by atoms with Crippen LogP contribution in [0.4, 0.5) is 0 Å². The molecule has 3 nitrogen and oxygen atoms in total. The number of rotatable bonds is 1. The molecule has 3 heteroatoms. The Bertz CT molecular complexity index is 578. The summed E-state index contributed by atoms with van der Waals surface area (Å²) in [6.07, 6.45) is 6.51. The third-order valence-electron chi connectivity index (χ3n) is 5.43. The summed E-state index contributed by atoms with van der Waals surface area (Å²) in [5, 5.41) is 3.70. The van der Waals surface area contributed by atoms with Gasteiger partial charge in [-0.3, -0.25) is 4.99 Å². The van der Waals surface area contributed by atoms with Gasteiger partial charge in [-0.05, 0) is 44.2 Å². The van der Waals surface area contributed by atoms with Gasteiger partial charge in [-0.15, -0.1) is 0 Å². The monoisotopic (exact) mass is 283 g/mol. The van der Waals surface area contributed by atoms with Gasteiger partial charge in [0.05, 0.1) is 12.1 Å². The molecule has 0 bridgehead atoms. The average Bonchev–Trinajstić information content (AvgIpc) is 2.86. The van der Waals surface area contributed by atoms with Gasteiger partial charge in [0.15, 0.2) is 5.96 Å². The van der Waals surface area contributed by atoms with E-state index in [4.69, 9.17) is 4.99 Å². The molecule has 2 heterocycles. The summed E-state index contributed by atoms with van der Waals surface area (Å²) in [6, 6.07) is 8.72. The van der Waals surface area contributed by atoms with Crippen LogP contribution in [0.25, 0.3) is 0 Å². The van der Waals surface area contributed by atoms with E-state index in [9.17, 15) is 0 Å². The fourth-order valence-electron chi connectivity index (χ4n) is 4.45. The van der Waals surface area contributed by atoms with Gasteiger partial charge >= 0.3 is 0 Å². The van der Waals surface area contributed by atoms with Crippen LogP contribution in [-0.2, 0) is 0 Å². The second-order valence-corrected chi connectivity index (χ2v) is 6.88. The van der Waals surface area contributed by atoms with Crippen molar-refractivity contribution in [2.24, 2.45) is 4.99 Å². The molecule has 2 aliphatic heterocycles. The van der Waals surface area contributed by atoms with Crippen LogP contribution in [0, 0.1) is 13.8 Å². The summed E-state index contributed by atoms with van der Waals surface area (Å²) in [7, 11) is 0. The highest BCUT2D eigenvalue weighted by Crippen LogP contribution is 2.39. The number of hydrogen-bond donors (Lipinski definition) is 1. The van der Waals surface area contributed by atoms with Gasteiger partial charge in [0.25, 0.3) is 0 Å². The van der Waals surface area contributed by atoms with Crippen LogP contribution in [0.15, 0.2) is 23.2 Å². The Labute approximate surface area is 127 Å². The summed E-state index contributed by atoms with van der Waals surface area (Å²) < 4.78 is 0. The second kappa shape index (κ2) is 5.04. The topological polar surface area (TPSA) is 27.6 Å². The molecule has 112 valence electrons. The smallest absolute Gasteiger partial charge is 0.195 e. The van der Waals surface area contributed by atoms with Crippen molar-refractivity contribution < 1.29 is 0 Å². The third kappa shape index (κ3) is 2.14. The molecule has 1 aliphatic carbocycles. The van der Waals surface area contributed by atoms with Crippen LogP contribution in [0.2, 0.25) is 0 Å². The molecule has 1 aromatic rings. The first-order chi connectivity index (χ1) is 10.2. The maximum atomic E-state index is 4.77. The van der Waals surface area contributed by atoms with Crippen LogP contribution in [-0.4, -0.2) is 29.5 Å². The highest BCUT2D eigenvalue weighted by atomic mass is 15.4. The predicted molar refractivity (Wildman–Crippen MR) is 86.6 cm³/mol. The first-order valence-corrected chi connectivity index (χ1v) is 8.40. The van der Waals surface area contributed by atoms with Crippen molar-refractivity contribution in [1.29, 1.82) is 0 Å². The highest BCUT2D eigenvalue weighted by molar-refractivity contribution is 5.84.